The van der Waals surface area contributed by atoms with Crippen LogP contribution in [0.25, 0.3) is 17.3 Å². The van der Waals surface area contributed by atoms with Gasteiger partial charge in [0.2, 0.25) is 0 Å². The standard InChI is InChI=1S/C25H26N6O3/c1-33-22-13-17(14-28-24(22)26)20-12-16-6-7-27-21(15-32)23(16)25(30-20)29-18-2-4-19(5-3-18)31-8-10-34-11-9-31/h2-7,12-15,21,27H,8-11H2,1H3,(H2,26,28)(H,29,30). The SMILES string of the molecule is COc1cc(-c2cc3c(c(Nc4ccc(N5CCOCC5)cc4)n2)C(C=O)NC=C3)cnc1N. The van der Waals surface area contributed by atoms with Crippen molar-refractivity contribution in [2.24, 2.45) is 0 Å². The summed E-state index contributed by atoms with van der Waals surface area (Å²) in [6.45, 7) is 3.23. The van der Waals surface area contributed by atoms with Gasteiger partial charge in [0.25, 0.3) is 0 Å². The molecule has 9 heteroatoms. The van der Waals surface area contributed by atoms with E-state index in [0.29, 0.717) is 23.1 Å². The molecule has 174 valence electrons. The first-order valence-electron chi connectivity index (χ1n) is 11.1. The van der Waals surface area contributed by atoms with Crippen molar-refractivity contribution in [2.45, 2.75) is 6.04 Å². The minimum atomic E-state index is -0.504. The number of aldehydes is 1. The van der Waals surface area contributed by atoms with Gasteiger partial charge in [-0.15, -0.1) is 0 Å². The van der Waals surface area contributed by atoms with Crippen LogP contribution in [0.2, 0.25) is 0 Å². The molecule has 5 rings (SSSR count). The third kappa shape index (κ3) is 4.25. The Morgan fingerprint density at radius 2 is 2.03 bits per heavy atom. The van der Waals surface area contributed by atoms with Crippen LogP contribution in [0.15, 0.2) is 48.8 Å². The Labute approximate surface area is 197 Å². The molecule has 2 aromatic heterocycles. The Balaban J connectivity index is 1.52. The molecule has 0 bridgehead atoms. The smallest absolute Gasteiger partial charge is 0.166 e. The van der Waals surface area contributed by atoms with E-state index in [2.05, 4.69) is 32.7 Å². The maximum absolute atomic E-state index is 11.8. The van der Waals surface area contributed by atoms with Gasteiger partial charge in [-0.25, -0.2) is 9.97 Å². The molecule has 3 aromatic rings. The van der Waals surface area contributed by atoms with Crippen molar-refractivity contribution < 1.29 is 14.3 Å². The van der Waals surface area contributed by atoms with Gasteiger partial charge in [-0.2, -0.15) is 0 Å². The summed E-state index contributed by atoms with van der Waals surface area (Å²) in [6, 6.07) is 11.4. The van der Waals surface area contributed by atoms with Crippen LogP contribution < -0.4 is 26.0 Å². The zero-order chi connectivity index (χ0) is 23.5. The fourth-order valence-electron chi connectivity index (χ4n) is 4.19. The fourth-order valence-corrected chi connectivity index (χ4v) is 4.19. The number of nitrogens with two attached hydrogens (primary N) is 1. The number of ether oxygens (including phenoxy) is 2. The second kappa shape index (κ2) is 9.40. The molecule has 1 aromatic carbocycles. The van der Waals surface area contributed by atoms with Crippen LogP contribution in [0, 0.1) is 0 Å². The molecule has 1 atom stereocenters. The minimum Gasteiger partial charge on any atom is -0.493 e. The number of hydrogen-bond acceptors (Lipinski definition) is 9. The molecule has 4 N–H and O–H groups in total. The van der Waals surface area contributed by atoms with Gasteiger partial charge in [0, 0.05) is 41.8 Å². The number of carbonyl (C=O) groups is 1. The molecule has 2 aliphatic heterocycles. The lowest BCUT2D eigenvalue weighted by atomic mass is 9.97. The van der Waals surface area contributed by atoms with Gasteiger partial charge in [-0.3, -0.25) is 0 Å². The summed E-state index contributed by atoms with van der Waals surface area (Å²) in [5.74, 6) is 1.39. The maximum atomic E-state index is 11.8. The van der Waals surface area contributed by atoms with Crippen molar-refractivity contribution in [1.82, 2.24) is 15.3 Å². The zero-order valence-electron chi connectivity index (χ0n) is 18.8. The van der Waals surface area contributed by atoms with Gasteiger partial charge in [0.05, 0.1) is 26.0 Å². The number of nitrogens with one attached hydrogen (secondary N) is 2. The largest absolute Gasteiger partial charge is 0.493 e. The molecule has 0 aliphatic carbocycles. The lowest BCUT2D eigenvalue weighted by Crippen LogP contribution is -2.36. The summed E-state index contributed by atoms with van der Waals surface area (Å²) in [7, 11) is 1.55. The number of fused-ring (bicyclic) bond motifs is 1. The summed E-state index contributed by atoms with van der Waals surface area (Å²) in [5.41, 5.74) is 11.0. The minimum absolute atomic E-state index is 0.313. The van der Waals surface area contributed by atoms with E-state index in [4.69, 9.17) is 20.2 Å². The number of anilines is 4. The van der Waals surface area contributed by atoms with Gasteiger partial charge in [0.15, 0.2) is 11.6 Å². The second-order valence-electron chi connectivity index (χ2n) is 8.06. The average Bonchev–Trinajstić information content (AvgIpc) is 2.89. The molecule has 1 fully saturated rings. The van der Waals surface area contributed by atoms with Crippen LogP contribution in [0.3, 0.4) is 0 Å². The Morgan fingerprint density at radius 1 is 1.24 bits per heavy atom. The number of nitrogen functional groups attached to an aromatic ring is 1. The number of benzene rings is 1. The Bertz CT molecular complexity index is 1220. The number of nitrogens with zero attached hydrogens (tertiary/aromatic N) is 3. The summed E-state index contributed by atoms with van der Waals surface area (Å²) in [4.78, 5) is 23.2. The lowest BCUT2D eigenvalue weighted by Gasteiger charge is -2.29. The molecule has 0 amide bonds. The topological polar surface area (TPSA) is 115 Å². The molecule has 1 saturated heterocycles. The van der Waals surface area contributed by atoms with E-state index in [1.54, 1.807) is 25.6 Å². The third-order valence-electron chi connectivity index (χ3n) is 5.98. The predicted octanol–water partition coefficient (Wildman–Crippen LogP) is 3.13. The molecule has 2 aliphatic rings. The van der Waals surface area contributed by atoms with Crippen LogP contribution in [-0.4, -0.2) is 49.7 Å². The number of carbonyl (C=O) groups excluding carboxylic acids is 1. The second-order valence-corrected chi connectivity index (χ2v) is 8.06. The van der Waals surface area contributed by atoms with Crippen LogP contribution in [0.5, 0.6) is 5.75 Å². The van der Waals surface area contributed by atoms with Gasteiger partial charge in [-0.1, -0.05) is 0 Å². The molecule has 34 heavy (non-hydrogen) atoms. The number of rotatable bonds is 6. The van der Waals surface area contributed by atoms with Crippen molar-refractivity contribution in [1.29, 1.82) is 0 Å². The first-order chi connectivity index (χ1) is 16.7. The summed E-state index contributed by atoms with van der Waals surface area (Å²) >= 11 is 0. The molecule has 1 unspecified atom stereocenters. The van der Waals surface area contributed by atoms with Crippen molar-refractivity contribution in [2.75, 3.05) is 49.4 Å². The van der Waals surface area contributed by atoms with E-state index in [1.165, 1.54) is 0 Å². The molecular formula is C25H26N6O3. The van der Waals surface area contributed by atoms with Crippen molar-refractivity contribution >= 4 is 35.4 Å². The highest BCUT2D eigenvalue weighted by Gasteiger charge is 2.23. The molecule has 9 nitrogen and oxygen atoms in total. The predicted molar refractivity (Wildman–Crippen MR) is 132 cm³/mol. The lowest BCUT2D eigenvalue weighted by molar-refractivity contribution is -0.109. The van der Waals surface area contributed by atoms with Gasteiger partial charge < -0.3 is 35.5 Å². The van der Waals surface area contributed by atoms with E-state index in [-0.39, 0.29) is 0 Å². The normalized spacial score (nSPS) is 17.0. The van der Waals surface area contributed by atoms with Crippen LogP contribution in [0.4, 0.5) is 23.0 Å². The Morgan fingerprint density at radius 3 is 2.76 bits per heavy atom. The van der Waals surface area contributed by atoms with E-state index < -0.39 is 6.04 Å². The van der Waals surface area contributed by atoms with Gasteiger partial charge >= 0.3 is 0 Å². The molecule has 0 saturated carbocycles. The van der Waals surface area contributed by atoms with E-state index >= 15 is 0 Å². The molecule has 0 radical (unpaired) electrons. The summed E-state index contributed by atoms with van der Waals surface area (Å²) < 4.78 is 10.8. The molecule has 4 heterocycles. The monoisotopic (exact) mass is 458 g/mol. The van der Waals surface area contributed by atoms with Crippen molar-refractivity contribution in [3.05, 3.63) is 59.9 Å². The van der Waals surface area contributed by atoms with Gasteiger partial charge in [0.1, 0.15) is 18.1 Å². The number of methoxy groups -OCH3 is 1. The van der Waals surface area contributed by atoms with Crippen LogP contribution >= 0.6 is 0 Å². The highest BCUT2D eigenvalue weighted by Crippen LogP contribution is 2.35. The third-order valence-corrected chi connectivity index (χ3v) is 5.98. The molecular weight excluding hydrogens is 432 g/mol. The van der Waals surface area contributed by atoms with Crippen molar-refractivity contribution in [3.8, 4) is 17.0 Å². The van der Waals surface area contributed by atoms with E-state index in [0.717, 1.165) is 60.7 Å². The first kappa shape index (κ1) is 21.7. The van der Waals surface area contributed by atoms with Crippen LogP contribution in [0.1, 0.15) is 17.2 Å². The van der Waals surface area contributed by atoms with E-state index in [9.17, 15) is 4.79 Å². The summed E-state index contributed by atoms with van der Waals surface area (Å²) in [6.07, 6.45) is 6.24. The highest BCUT2D eigenvalue weighted by molar-refractivity contribution is 5.80. The fraction of sp³-hybridized carbons (Fsp3) is 0.240. The molecule has 0 spiro atoms. The first-order valence-corrected chi connectivity index (χ1v) is 11.1. The summed E-state index contributed by atoms with van der Waals surface area (Å²) in [5, 5.41) is 6.51. The van der Waals surface area contributed by atoms with Crippen molar-refractivity contribution in [3.63, 3.8) is 0 Å². The Hall–Kier alpha value is -4.11. The van der Waals surface area contributed by atoms with Gasteiger partial charge in [-0.05, 0) is 54.2 Å². The Kier molecular flexibility index (Phi) is 6.01. The number of aromatic nitrogens is 2. The van der Waals surface area contributed by atoms with Crippen LogP contribution in [-0.2, 0) is 9.53 Å². The highest BCUT2D eigenvalue weighted by atomic mass is 16.5. The number of hydrogen-bond donors (Lipinski definition) is 3. The number of morpholine rings is 1. The quantitative estimate of drug-likeness (QED) is 0.479. The average molecular weight is 459 g/mol. The number of pyridine rings is 2. The maximum Gasteiger partial charge on any atom is 0.166 e. The zero-order valence-corrected chi connectivity index (χ0v) is 18.8. The van der Waals surface area contributed by atoms with E-state index in [1.807, 2.05) is 24.3 Å².